The summed E-state index contributed by atoms with van der Waals surface area (Å²) in [5.41, 5.74) is 12.9. The number of aliphatic imine (C=N–C) groups is 1. The maximum atomic E-state index is 12.4. The molecule has 7 heteroatoms. The molecule has 2 aromatic carbocycles. The molecular formula is C21H25Cl2N3O2. The lowest BCUT2D eigenvalue weighted by Gasteiger charge is -2.26. The van der Waals surface area contributed by atoms with E-state index >= 15 is 0 Å². The van der Waals surface area contributed by atoms with Crippen molar-refractivity contribution in [2.45, 2.75) is 25.7 Å². The largest absolute Gasteiger partial charge is 0.426 e. The second-order valence-electron chi connectivity index (χ2n) is 6.94. The molecule has 1 fully saturated rings. The van der Waals surface area contributed by atoms with E-state index in [9.17, 15) is 4.79 Å². The Balaban J connectivity index is 0.00000280. The van der Waals surface area contributed by atoms with Crippen LogP contribution in [0.4, 0.5) is 0 Å². The van der Waals surface area contributed by atoms with Crippen LogP contribution >= 0.6 is 24.0 Å². The molecule has 0 heterocycles. The minimum Gasteiger partial charge on any atom is -0.426 e. The molecule has 0 unspecified atom stereocenters. The van der Waals surface area contributed by atoms with Crippen molar-refractivity contribution >= 4 is 35.9 Å². The molecule has 0 saturated heterocycles. The zero-order chi connectivity index (χ0) is 19.2. The lowest BCUT2D eigenvalue weighted by molar-refractivity contribution is -0.140. The van der Waals surface area contributed by atoms with E-state index in [4.69, 9.17) is 27.8 Å². The number of hydrogen-bond acceptors (Lipinski definition) is 3. The van der Waals surface area contributed by atoms with Crippen LogP contribution in [0.2, 0.25) is 5.02 Å². The van der Waals surface area contributed by atoms with E-state index in [2.05, 4.69) is 4.99 Å². The van der Waals surface area contributed by atoms with Crippen LogP contribution in [-0.2, 0) is 4.79 Å². The molecule has 1 aliphatic carbocycles. The average Bonchev–Trinajstić information content (AvgIpc) is 2.68. The number of rotatable bonds is 5. The maximum absolute atomic E-state index is 12.4. The number of ether oxygens (including phenoxy) is 1. The molecule has 28 heavy (non-hydrogen) atoms. The van der Waals surface area contributed by atoms with Crippen molar-refractivity contribution in [2.75, 3.05) is 6.54 Å². The van der Waals surface area contributed by atoms with Gasteiger partial charge >= 0.3 is 5.97 Å². The summed E-state index contributed by atoms with van der Waals surface area (Å²) in [7, 11) is 0. The Morgan fingerprint density at radius 1 is 0.964 bits per heavy atom. The van der Waals surface area contributed by atoms with Gasteiger partial charge in [0.15, 0.2) is 5.96 Å². The summed E-state index contributed by atoms with van der Waals surface area (Å²) >= 11 is 5.92. The first-order valence-electron chi connectivity index (χ1n) is 9.14. The minimum absolute atomic E-state index is 0. The molecule has 0 bridgehead atoms. The first kappa shape index (κ1) is 22.1. The van der Waals surface area contributed by atoms with Crippen molar-refractivity contribution < 1.29 is 9.53 Å². The average molecular weight is 422 g/mol. The molecular weight excluding hydrogens is 397 g/mol. The standard InChI is InChI=1S/C21H24ClN3O2.ClH/c22-18-9-5-15(6-10-18)16-7-11-19(12-8-16)27-20(26)17-3-1-14(2-4-17)13-25-21(23)24;/h5-12,14,17H,1-4,13H2,(H4,23,24,25);1H. The van der Waals surface area contributed by atoms with Gasteiger partial charge in [-0.05, 0) is 67.0 Å². The molecule has 0 aliphatic heterocycles. The fraction of sp³-hybridized carbons (Fsp3) is 0.333. The summed E-state index contributed by atoms with van der Waals surface area (Å²) in [4.78, 5) is 16.5. The van der Waals surface area contributed by atoms with Gasteiger partial charge in [-0.1, -0.05) is 35.9 Å². The molecule has 4 N–H and O–H groups in total. The van der Waals surface area contributed by atoms with Crippen LogP contribution < -0.4 is 16.2 Å². The third-order valence-electron chi connectivity index (χ3n) is 4.96. The monoisotopic (exact) mass is 421 g/mol. The number of guanidine groups is 1. The number of nitrogens with two attached hydrogens (primary N) is 2. The van der Waals surface area contributed by atoms with Crippen LogP contribution in [0.1, 0.15) is 25.7 Å². The minimum atomic E-state index is -0.158. The zero-order valence-corrected chi connectivity index (χ0v) is 17.1. The van der Waals surface area contributed by atoms with Gasteiger partial charge in [0.1, 0.15) is 5.75 Å². The summed E-state index contributed by atoms with van der Waals surface area (Å²) in [5.74, 6) is 0.916. The second-order valence-corrected chi connectivity index (χ2v) is 7.37. The fourth-order valence-electron chi connectivity index (χ4n) is 3.37. The van der Waals surface area contributed by atoms with Gasteiger partial charge in [0.25, 0.3) is 0 Å². The number of esters is 1. The molecule has 0 spiro atoms. The quantitative estimate of drug-likeness (QED) is 0.323. The molecule has 5 nitrogen and oxygen atoms in total. The van der Waals surface area contributed by atoms with Gasteiger partial charge in [-0.15, -0.1) is 12.4 Å². The highest BCUT2D eigenvalue weighted by molar-refractivity contribution is 6.30. The van der Waals surface area contributed by atoms with E-state index in [1.165, 1.54) is 0 Å². The normalized spacial score (nSPS) is 18.6. The van der Waals surface area contributed by atoms with Crippen LogP contribution in [0.15, 0.2) is 53.5 Å². The van der Waals surface area contributed by atoms with Crippen LogP contribution in [-0.4, -0.2) is 18.5 Å². The Morgan fingerprint density at radius 2 is 1.50 bits per heavy atom. The highest BCUT2D eigenvalue weighted by Crippen LogP contribution is 2.31. The van der Waals surface area contributed by atoms with Gasteiger partial charge in [0, 0.05) is 11.6 Å². The highest BCUT2D eigenvalue weighted by atomic mass is 35.5. The Hall–Kier alpha value is -2.24. The predicted octanol–water partition coefficient (Wildman–Crippen LogP) is 4.41. The number of carbonyl (C=O) groups excluding carboxylic acids is 1. The smallest absolute Gasteiger partial charge is 0.314 e. The summed E-state index contributed by atoms with van der Waals surface area (Å²) < 4.78 is 5.57. The number of carbonyl (C=O) groups is 1. The number of hydrogen-bond donors (Lipinski definition) is 2. The predicted molar refractivity (Wildman–Crippen MR) is 116 cm³/mol. The van der Waals surface area contributed by atoms with E-state index in [-0.39, 0.29) is 30.3 Å². The fourth-order valence-corrected chi connectivity index (χ4v) is 3.50. The van der Waals surface area contributed by atoms with Crippen molar-refractivity contribution in [2.24, 2.45) is 28.3 Å². The Bertz CT molecular complexity index is 795. The van der Waals surface area contributed by atoms with E-state index < -0.39 is 0 Å². The van der Waals surface area contributed by atoms with Gasteiger partial charge < -0.3 is 16.2 Å². The first-order chi connectivity index (χ1) is 13.0. The van der Waals surface area contributed by atoms with Crippen molar-refractivity contribution in [3.8, 4) is 16.9 Å². The van der Waals surface area contributed by atoms with Gasteiger partial charge in [0.05, 0.1) is 5.92 Å². The molecule has 3 rings (SSSR count). The van der Waals surface area contributed by atoms with Crippen LogP contribution in [0.3, 0.4) is 0 Å². The number of nitrogens with zero attached hydrogens (tertiary/aromatic N) is 1. The van der Waals surface area contributed by atoms with E-state index in [0.717, 1.165) is 36.8 Å². The summed E-state index contributed by atoms with van der Waals surface area (Å²) in [6, 6.07) is 15.2. The highest BCUT2D eigenvalue weighted by Gasteiger charge is 2.27. The Morgan fingerprint density at radius 3 is 2.04 bits per heavy atom. The molecule has 0 aromatic heterocycles. The molecule has 150 valence electrons. The van der Waals surface area contributed by atoms with E-state index in [1.54, 1.807) is 0 Å². The SMILES string of the molecule is Cl.NC(N)=NCC1CCC(C(=O)Oc2ccc(-c3ccc(Cl)cc3)cc2)CC1. The maximum Gasteiger partial charge on any atom is 0.314 e. The zero-order valence-electron chi connectivity index (χ0n) is 15.5. The summed E-state index contributed by atoms with van der Waals surface area (Å²) in [6.45, 7) is 0.635. The van der Waals surface area contributed by atoms with E-state index in [1.807, 2.05) is 48.5 Å². The van der Waals surface area contributed by atoms with Crippen molar-refractivity contribution in [1.82, 2.24) is 0 Å². The lowest BCUT2D eigenvalue weighted by atomic mass is 9.82. The van der Waals surface area contributed by atoms with Gasteiger partial charge in [0.2, 0.25) is 0 Å². The number of benzene rings is 2. The van der Waals surface area contributed by atoms with E-state index in [0.29, 0.717) is 23.2 Å². The second kappa shape index (κ2) is 10.3. The van der Waals surface area contributed by atoms with Gasteiger partial charge in [-0.3, -0.25) is 9.79 Å². The molecule has 0 amide bonds. The van der Waals surface area contributed by atoms with Crippen LogP contribution in [0.5, 0.6) is 5.75 Å². The Kier molecular flexibility index (Phi) is 8.15. The number of halogens is 2. The first-order valence-corrected chi connectivity index (χ1v) is 9.52. The van der Waals surface area contributed by atoms with Crippen molar-refractivity contribution in [3.05, 3.63) is 53.6 Å². The summed E-state index contributed by atoms with van der Waals surface area (Å²) in [6.07, 6.45) is 3.50. The van der Waals surface area contributed by atoms with Crippen molar-refractivity contribution in [1.29, 1.82) is 0 Å². The third-order valence-corrected chi connectivity index (χ3v) is 5.21. The van der Waals surface area contributed by atoms with Gasteiger partial charge in [-0.2, -0.15) is 0 Å². The van der Waals surface area contributed by atoms with Crippen LogP contribution in [0, 0.1) is 11.8 Å². The van der Waals surface area contributed by atoms with Crippen molar-refractivity contribution in [3.63, 3.8) is 0 Å². The van der Waals surface area contributed by atoms with Gasteiger partial charge in [-0.25, -0.2) is 0 Å². The molecule has 2 aromatic rings. The summed E-state index contributed by atoms with van der Waals surface area (Å²) in [5, 5.41) is 0.706. The molecule has 0 atom stereocenters. The third kappa shape index (κ3) is 6.14. The molecule has 1 saturated carbocycles. The van der Waals surface area contributed by atoms with Crippen LogP contribution in [0.25, 0.3) is 11.1 Å². The molecule has 1 aliphatic rings. The lowest BCUT2D eigenvalue weighted by Crippen LogP contribution is -2.28. The topological polar surface area (TPSA) is 90.7 Å². The molecule has 0 radical (unpaired) electrons. The Labute approximate surface area is 176 Å².